The number of ether oxygens (including phenoxy) is 1. The normalized spacial score (nSPS) is 10.0. The van der Waals surface area contributed by atoms with Gasteiger partial charge < -0.3 is 10.1 Å². The predicted molar refractivity (Wildman–Crippen MR) is 73.6 cm³/mol. The second kappa shape index (κ2) is 8.11. The fourth-order valence-corrected chi connectivity index (χ4v) is 1.39. The van der Waals surface area contributed by atoms with Crippen LogP contribution in [0.25, 0.3) is 0 Å². The Labute approximate surface area is 113 Å². The molecule has 0 radical (unpaired) electrons. The van der Waals surface area contributed by atoms with Crippen LogP contribution in [0.15, 0.2) is 18.3 Å². The zero-order chi connectivity index (χ0) is 14.1. The quantitative estimate of drug-likeness (QED) is 0.560. The van der Waals surface area contributed by atoms with E-state index in [1.807, 2.05) is 26.0 Å². The summed E-state index contributed by atoms with van der Waals surface area (Å²) in [6.45, 7) is 4.82. The second-order valence-corrected chi connectivity index (χ2v) is 4.22. The molecule has 0 aromatic carbocycles. The third-order valence-corrected chi connectivity index (χ3v) is 2.19. The van der Waals surface area contributed by atoms with Gasteiger partial charge >= 0.3 is 0 Å². The van der Waals surface area contributed by atoms with Gasteiger partial charge in [0.2, 0.25) is 11.8 Å². The first-order valence-corrected chi connectivity index (χ1v) is 6.15. The summed E-state index contributed by atoms with van der Waals surface area (Å²) in [7, 11) is 0. The van der Waals surface area contributed by atoms with Gasteiger partial charge in [0, 0.05) is 18.3 Å². The van der Waals surface area contributed by atoms with Gasteiger partial charge in [0.1, 0.15) is 0 Å². The van der Waals surface area contributed by atoms with E-state index in [1.54, 1.807) is 6.20 Å². The number of rotatable bonds is 7. The minimum Gasteiger partial charge on any atom is -0.475 e. The van der Waals surface area contributed by atoms with Crippen LogP contribution in [0, 0.1) is 12.3 Å². The van der Waals surface area contributed by atoms with E-state index < -0.39 is 0 Å². The van der Waals surface area contributed by atoms with Gasteiger partial charge in [-0.3, -0.25) is 10.1 Å². The highest BCUT2D eigenvalue weighted by Gasteiger charge is 2.08. The lowest BCUT2D eigenvalue weighted by Crippen LogP contribution is -2.33. The Hall–Kier alpha value is -2.06. The predicted octanol–water partition coefficient (Wildman–Crippen LogP) is 0.708. The molecule has 1 amide bonds. The molecule has 0 unspecified atom stereocenters. The molecule has 1 heterocycles. The van der Waals surface area contributed by atoms with E-state index in [-0.39, 0.29) is 18.6 Å². The fraction of sp³-hybridized carbons (Fsp3) is 0.429. The average molecular weight is 261 g/mol. The standard InChI is InChI=1S/C14H19N3O2/c1-4-7-15-10-13(18)17-9-12-6-5-8-16-14(12)19-11(2)3/h1,5-6,8,11,15H,7,9-10H2,2-3H3,(H,17,18). The maximum atomic E-state index is 11.5. The summed E-state index contributed by atoms with van der Waals surface area (Å²) in [6.07, 6.45) is 6.78. The van der Waals surface area contributed by atoms with E-state index >= 15 is 0 Å². The number of aromatic nitrogens is 1. The molecule has 0 saturated carbocycles. The van der Waals surface area contributed by atoms with Crippen LogP contribution in [-0.4, -0.2) is 30.1 Å². The zero-order valence-electron chi connectivity index (χ0n) is 11.3. The van der Waals surface area contributed by atoms with Crippen molar-refractivity contribution < 1.29 is 9.53 Å². The van der Waals surface area contributed by atoms with E-state index in [0.717, 1.165) is 5.56 Å². The fourth-order valence-electron chi connectivity index (χ4n) is 1.39. The van der Waals surface area contributed by atoms with E-state index in [1.165, 1.54) is 0 Å². The van der Waals surface area contributed by atoms with Gasteiger partial charge in [-0.2, -0.15) is 0 Å². The number of carbonyl (C=O) groups excluding carboxylic acids is 1. The molecule has 0 fully saturated rings. The van der Waals surface area contributed by atoms with Crippen molar-refractivity contribution in [3.63, 3.8) is 0 Å². The van der Waals surface area contributed by atoms with Crippen LogP contribution in [0.2, 0.25) is 0 Å². The van der Waals surface area contributed by atoms with Crippen molar-refractivity contribution in [3.05, 3.63) is 23.9 Å². The van der Waals surface area contributed by atoms with Crippen molar-refractivity contribution in [1.29, 1.82) is 0 Å². The summed E-state index contributed by atoms with van der Waals surface area (Å²) in [5.41, 5.74) is 0.849. The Bertz CT molecular complexity index is 452. The van der Waals surface area contributed by atoms with Crippen molar-refractivity contribution in [2.75, 3.05) is 13.1 Å². The molecule has 0 spiro atoms. The Balaban J connectivity index is 2.48. The minimum atomic E-state index is -0.116. The smallest absolute Gasteiger partial charge is 0.234 e. The molecule has 0 bridgehead atoms. The van der Waals surface area contributed by atoms with Crippen molar-refractivity contribution in [2.24, 2.45) is 0 Å². The molecule has 1 aromatic heterocycles. The first-order valence-electron chi connectivity index (χ1n) is 6.15. The van der Waals surface area contributed by atoms with Gasteiger partial charge in [-0.25, -0.2) is 4.98 Å². The highest BCUT2D eigenvalue weighted by Crippen LogP contribution is 2.15. The number of nitrogens with zero attached hydrogens (tertiary/aromatic N) is 1. The first kappa shape index (κ1) is 15.0. The number of hydrogen-bond donors (Lipinski definition) is 2. The molecular weight excluding hydrogens is 242 g/mol. The van der Waals surface area contributed by atoms with Crippen molar-refractivity contribution in [3.8, 4) is 18.2 Å². The lowest BCUT2D eigenvalue weighted by molar-refractivity contribution is -0.120. The highest BCUT2D eigenvalue weighted by molar-refractivity contribution is 5.78. The molecule has 0 aliphatic heterocycles. The Morgan fingerprint density at radius 2 is 2.37 bits per heavy atom. The molecule has 0 aliphatic carbocycles. The van der Waals surface area contributed by atoms with Gasteiger partial charge in [-0.1, -0.05) is 12.0 Å². The SMILES string of the molecule is C#CCNCC(=O)NCc1cccnc1OC(C)C. The van der Waals surface area contributed by atoms with E-state index in [0.29, 0.717) is 19.0 Å². The monoisotopic (exact) mass is 261 g/mol. The molecule has 0 atom stereocenters. The van der Waals surface area contributed by atoms with Gasteiger partial charge in [0.05, 0.1) is 19.2 Å². The number of carbonyl (C=O) groups is 1. The summed E-state index contributed by atoms with van der Waals surface area (Å²) in [4.78, 5) is 15.7. The molecule has 5 nitrogen and oxygen atoms in total. The maximum absolute atomic E-state index is 11.5. The number of amides is 1. The number of hydrogen-bond acceptors (Lipinski definition) is 4. The van der Waals surface area contributed by atoms with E-state index in [4.69, 9.17) is 11.2 Å². The van der Waals surface area contributed by atoms with Crippen LogP contribution < -0.4 is 15.4 Å². The number of terminal acetylenes is 1. The van der Waals surface area contributed by atoms with Crippen molar-refractivity contribution in [1.82, 2.24) is 15.6 Å². The van der Waals surface area contributed by atoms with Crippen molar-refractivity contribution in [2.45, 2.75) is 26.5 Å². The highest BCUT2D eigenvalue weighted by atomic mass is 16.5. The van der Waals surface area contributed by atoms with Crippen LogP contribution in [0.5, 0.6) is 5.88 Å². The molecular formula is C14H19N3O2. The van der Waals surface area contributed by atoms with Crippen LogP contribution in [0.1, 0.15) is 19.4 Å². The number of pyridine rings is 1. The van der Waals surface area contributed by atoms with Crippen molar-refractivity contribution >= 4 is 5.91 Å². The van der Waals surface area contributed by atoms with Gasteiger partial charge in [-0.05, 0) is 19.9 Å². The molecule has 1 rings (SSSR count). The maximum Gasteiger partial charge on any atom is 0.234 e. The lowest BCUT2D eigenvalue weighted by Gasteiger charge is -2.13. The topological polar surface area (TPSA) is 63.2 Å². The summed E-state index contributed by atoms with van der Waals surface area (Å²) in [5, 5.41) is 5.60. The van der Waals surface area contributed by atoms with Crippen LogP contribution in [-0.2, 0) is 11.3 Å². The molecule has 1 aromatic rings. The third kappa shape index (κ3) is 5.89. The van der Waals surface area contributed by atoms with Gasteiger partial charge in [-0.15, -0.1) is 6.42 Å². The Morgan fingerprint density at radius 3 is 3.05 bits per heavy atom. The molecule has 19 heavy (non-hydrogen) atoms. The summed E-state index contributed by atoms with van der Waals surface area (Å²) < 4.78 is 5.57. The Morgan fingerprint density at radius 1 is 1.58 bits per heavy atom. The lowest BCUT2D eigenvalue weighted by atomic mass is 10.2. The molecule has 0 aliphatic rings. The molecule has 102 valence electrons. The van der Waals surface area contributed by atoms with E-state index in [2.05, 4.69) is 21.5 Å². The molecule has 2 N–H and O–H groups in total. The van der Waals surface area contributed by atoms with Crippen LogP contribution in [0.3, 0.4) is 0 Å². The van der Waals surface area contributed by atoms with Crippen LogP contribution in [0.4, 0.5) is 0 Å². The van der Waals surface area contributed by atoms with E-state index in [9.17, 15) is 4.79 Å². The summed E-state index contributed by atoms with van der Waals surface area (Å²) in [6, 6.07) is 3.69. The zero-order valence-corrected chi connectivity index (χ0v) is 11.3. The number of nitrogens with one attached hydrogen (secondary N) is 2. The average Bonchev–Trinajstić information content (AvgIpc) is 2.37. The Kier molecular flexibility index (Phi) is 6.41. The summed E-state index contributed by atoms with van der Waals surface area (Å²) >= 11 is 0. The summed E-state index contributed by atoms with van der Waals surface area (Å²) in [5.74, 6) is 2.84. The third-order valence-electron chi connectivity index (χ3n) is 2.19. The largest absolute Gasteiger partial charge is 0.475 e. The first-order chi connectivity index (χ1) is 9.13. The molecule has 5 heteroatoms. The minimum absolute atomic E-state index is 0.0432. The van der Waals surface area contributed by atoms with Gasteiger partial charge in [0.15, 0.2) is 0 Å². The van der Waals surface area contributed by atoms with Crippen LogP contribution >= 0.6 is 0 Å². The second-order valence-electron chi connectivity index (χ2n) is 4.22. The molecule has 0 saturated heterocycles. The van der Waals surface area contributed by atoms with Gasteiger partial charge in [0.25, 0.3) is 0 Å².